The van der Waals surface area contributed by atoms with Crippen LogP contribution < -0.4 is 14.4 Å². The molecule has 13 heteroatoms. The average molecular weight is 617 g/mol. The van der Waals surface area contributed by atoms with Crippen LogP contribution in [-0.4, -0.2) is 62.0 Å². The van der Waals surface area contributed by atoms with Crippen LogP contribution in [0.5, 0.6) is 5.75 Å². The van der Waals surface area contributed by atoms with Crippen molar-refractivity contribution in [1.82, 2.24) is 10.2 Å². The van der Waals surface area contributed by atoms with Gasteiger partial charge in [-0.1, -0.05) is 54.1 Å². The molecule has 0 aliphatic rings. The lowest BCUT2D eigenvalue weighted by molar-refractivity contribution is -0.384. The van der Waals surface area contributed by atoms with Crippen LogP contribution in [0.3, 0.4) is 0 Å². The Labute approximate surface area is 250 Å². The Kier molecular flexibility index (Phi) is 10.9. The summed E-state index contributed by atoms with van der Waals surface area (Å²) >= 11 is 6.21. The van der Waals surface area contributed by atoms with Gasteiger partial charge in [0.05, 0.1) is 18.3 Å². The molecule has 3 rings (SSSR count). The molecule has 3 aromatic carbocycles. The van der Waals surface area contributed by atoms with Gasteiger partial charge in [-0.15, -0.1) is 0 Å². The molecule has 0 bridgehead atoms. The van der Waals surface area contributed by atoms with Crippen LogP contribution in [0.2, 0.25) is 5.02 Å². The summed E-state index contributed by atoms with van der Waals surface area (Å²) in [6.45, 7) is 2.77. The number of hydrogen-bond donors (Lipinski definition) is 1. The number of nitro groups is 1. The number of methoxy groups -OCH3 is 1. The smallest absolute Gasteiger partial charge is 0.271 e. The maximum atomic E-state index is 14.1. The number of ether oxygens (including phenoxy) is 1. The summed E-state index contributed by atoms with van der Waals surface area (Å²) in [7, 11) is -2.88. The van der Waals surface area contributed by atoms with Crippen molar-refractivity contribution in [1.29, 1.82) is 0 Å². The average Bonchev–Trinajstić information content (AvgIpc) is 2.92. The molecule has 0 spiro atoms. The van der Waals surface area contributed by atoms with Crippen molar-refractivity contribution in [2.75, 3.05) is 24.2 Å². The highest BCUT2D eigenvalue weighted by Gasteiger charge is 2.34. The Balaban J connectivity index is 2.13. The molecule has 0 aromatic heterocycles. The Morgan fingerprint density at radius 1 is 1.02 bits per heavy atom. The van der Waals surface area contributed by atoms with E-state index in [1.807, 2.05) is 30.3 Å². The summed E-state index contributed by atoms with van der Waals surface area (Å²) in [4.78, 5) is 39.8. The van der Waals surface area contributed by atoms with E-state index in [0.29, 0.717) is 10.6 Å². The molecule has 0 saturated carbocycles. The molecule has 0 saturated heterocycles. The largest absolute Gasteiger partial charge is 0.495 e. The van der Waals surface area contributed by atoms with Gasteiger partial charge < -0.3 is 15.0 Å². The molecule has 42 heavy (non-hydrogen) atoms. The first-order valence-corrected chi connectivity index (χ1v) is 15.2. The SMILES string of the molecule is COc1ccc([N+](=O)[O-])cc1N(CC(=O)N(Cc1cccc(Cl)c1)C(Cc1ccccc1)C(=O)NC(C)C)S(C)(=O)=O. The van der Waals surface area contributed by atoms with Crippen molar-refractivity contribution in [3.8, 4) is 5.75 Å². The fourth-order valence-electron chi connectivity index (χ4n) is 4.35. The van der Waals surface area contributed by atoms with E-state index < -0.39 is 39.3 Å². The second kappa shape index (κ2) is 14.1. The molecule has 0 aliphatic heterocycles. The topological polar surface area (TPSA) is 139 Å². The van der Waals surface area contributed by atoms with Crippen molar-refractivity contribution in [3.05, 3.63) is 99.1 Å². The second-order valence-electron chi connectivity index (χ2n) is 9.90. The maximum absolute atomic E-state index is 14.1. The van der Waals surface area contributed by atoms with Crippen LogP contribution in [0.15, 0.2) is 72.8 Å². The summed E-state index contributed by atoms with van der Waals surface area (Å²) in [5.74, 6) is -1.13. The van der Waals surface area contributed by atoms with Gasteiger partial charge in [0, 0.05) is 36.2 Å². The molecule has 0 fully saturated rings. The Bertz CT molecular complexity index is 1530. The quantitative estimate of drug-likeness (QED) is 0.224. The number of sulfonamides is 1. The molecule has 0 aliphatic carbocycles. The molecule has 1 unspecified atom stereocenters. The predicted molar refractivity (Wildman–Crippen MR) is 161 cm³/mol. The fraction of sp³-hybridized carbons (Fsp3) is 0.310. The lowest BCUT2D eigenvalue weighted by Crippen LogP contribution is -2.54. The second-order valence-corrected chi connectivity index (χ2v) is 12.2. The third kappa shape index (κ3) is 8.67. The molecular formula is C29H33ClN4O7S. The molecule has 1 N–H and O–H groups in total. The van der Waals surface area contributed by atoms with Crippen LogP contribution in [0.1, 0.15) is 25.0 Å². The lowest BCUT2D eigenvalue weighted by atomic mass is 10.0. The van der Waals surface area contributed by atoms with E-state index in [0.717, 1.165) is 22.2 Å². The Hall–Kier alpha value is -4.16. The van der Waals surface area contributed by atoms with Crippen molar-refractivity contribution in [2.24, 2.45) is 0 Å². The molecule has 2 amide bonds. The monoisotopic (exact) mass is 616 g/mol. The minimum atomic E-state index is -4.16. The number of carbonyl (C=O) groups is 2. The lowest BCUT2D eigenvalue weighted by Gasteiger charge is -2.34. The van der Waals surface area contributed by atoms with Crippen molar-refractivity contribution in [2.45, 2.75) is 38.9 Å². The van der Waals surface area contributed by atoms with E-state index in [4.69, 9.17) is 16.3 Å². The van der Waals surface area contributed by atoms with Gasteiger partial charge in [-0.3, -0.25) is 24.0 Å². The summed E-state index contributed by atoms with van der Waals surface area (Å²) in [5, 5.41) is 14.8. The number of non-ortho nitro benzene ring substituents is 1. The van der Waals surface area contributed by atoms with Crippen LogP contribution in [0.25, 0.3) is 0 Å². The van der Waals surface area contributed by atoms with E-state index in [9.17, 15) is 28.1 Å². The number of halogens is 1. The van der Waals surface area contributed by atoms with Gasteiger partial charge in [0.15, 0.2) is 0 Å². The molecule has 1 atom stereocenters. The first-order valence-electron chi connectivity index (χ1n) is 13.0. The third-order valence-corrected chi connectivity index (χ3v) is 7.63. The van der Waals surface area contributed by atoms with E-state index in [1.165, 1.54) is 24.1 Å². The zero-order valence-corrected chi connectivity index (χ0v) is 25.3. The zero-order chi connectivity index (χ0) is 31.0. The minimum Gasteiger partial charge on any atom is -0.495 e. The molecule has 0 radical (unpaired) electrons. The number of nitrogens with one attached hydrogen (secondary N) is 1. The van der Waals surface area contributed by atoms with Gasteiger partial charge in [-0.25, -0.2) is 8.42 Å². The van der Waals surface area contributed by atoms with E-state index >= 15 is 0 Å². The van der Waals surface area contributed by atoms with Gasteiger partial charge >= 0.3 is 0 Å². The first-order chi connectivity index (χ1) is 19.8. The van der Waals surface area contributed by atoms with Crippen LogP contribution in [0, 0.1) is 10.1 Å². The minimum absolute atomic E-state index is 0.0126. The van der Waals surface area contributed by atoms with Gasteiger partial charge in [0.25, 0.3) is 5.69 Å². The highest BCUT2D eigenvalue weighted by Crippen LogP contribution is 2.34. The molecule has 11 nitrogen and oxygen atoms in total. The highest BCUT2D eigenvalue weighted by molar-refractivity contribution is 7.92. The summed E-state index contributed by atoms with van der Waals surface area (Å²) in [5.41, 5.74) is 0.827. The van der Waals surface area contributed by atoms with E-state index in [-0.39, 0.29) is 36.1 Å². The predicted octanol–water partition coefficient (Wildman–Crippen LogP) is 4.19. The summed E-state index contributed by atoms with van der Waals surface area (Å²) < 4.78 is 32.1. The number of benzene rings is 3. The number of nitro benzene ring substituents is 1. The first kappa shape index (κ1) is 32.4. The van der Waals surface area contributed by atoms with Crippen LogP contribution >= 0.6 is 11.6 Å². The van der Waals surface area contributed by atoms with Gasteiger partial charge in [0.1, 0.15) is 24.0 Å². The van der Waals surface area contributed by atoms with Crippen LogP contribution in [-0.2, 0) is 32.6 Å². The summed E-state index contributed by atoms with van der Waals surface area (Å²) in [6.07, 6.45) is 1.03. The van der Waals surface area contributed by atoms with Crippen molar-refractivity contribution < 1.29 is 27.7 Å². The molecule has 0 heterocycles. The molecule has 224 valence electrons. The van der Waals surface area contributed by atoms with Crippen LogP contribution in [0.4, 0.5) is 11.4 Å². The number of nitrogens with zero attached hydrogens (tertiary/aromatic N) is 3. The number of rotatable bonds is 13. The molecule has 3 aromatic rings. The normalized spacial score (nSPS) is 12.0. The van der Waals surface area contributed by atoms with Gasteiger partial charge in [-0.2, -0.15) is 0 Å². The Morgan fingerprint density at radius 2 is 1.69 bits per heavy atom. The van der Waals surface area contributed by atoms with E-state index in [2.05, 4.69) is 5.32 Å². The van der Waals surface area contributed by atoms with Gasteiger partial charge in [-0.05, 0) is 43.2 Å². The van der Waals surface area contributed by atoms with Crippen molar-refractivity contribution in [3.63, 3.8) is 0 Å². The highest BCUT2D eigenvalue weighted by atomic mass is 35.5. The summed E-state index contributed by atoms with van der Waals surface area (Å²) in [6, 6.07) is 18.1. The van der Waals surface area contributed by atoms with Crippen molar-refractivity contribution >= 4 is 44.8 Å². The molecular weight excluding hydrogens is 584 g/mol. The number of hydrogen-bond acceptors (Lipinski definition) is 7. The van der Waals surface area contributed by atoms with Gasteiger partial charge in [0.2, 0.25) is 21.8 Å². The number of carbonyl (C=O) groups excluding carboxylic acids is 2. The number of anilines is 1. The van der Waals surface area contributed by atoms with E-state index in [1.54, 1.807) is 38.1 Å². The fourth-order valence-corrected chi connectivity index (χ4v) is 5.41. The Morgan fingerprint density at radius 3 is 2.26 bits per heavy atom. The maximum Gasteiger partial charge on any atom is 0.271 e. The standard InChI is InChI=1S/C29H33ClN4O7S/c1-20(2)31-29(36)26(16-21-9-6-5-7-10-21)32(18-22-11-8-12-23(30)15-22)28(35)19-33(42(4,39)40)25-17-24(34(37)38)13-14-27(25)41-3/h5-15,17,20,26H,16,18-19H2,1-4H3,(H,31,36). The zero-order valence-electron chi connectivity index (χ0n) is 23.7. The number of amides is 2. The third-order valence-electron chi connectivity index (χ3n) is 6.27.